The number of likely N-dealkylation sites (tertiary alicyclic amines) is 1. The summed E-state index contributed by atoms with van der Waals surface area (Å²) in [4.78, 5) is 7.22. The number of piperidine rings is 1. The molecule has 0 amide bonds. The van der Waals surface area contributed by atoms with Crippen molar-refractivity contribution in [2.24, 2.45) is 0 Å². The van der Waals surface area contributed by atoms with Gasteiger partial charge in [-0.2, -0.15) is 4.98 Å². The van der Waals surface area contributed by atoms with Gasteiger partial charge in [0, 0.05) is 13.5 Å². The van der Waals surface area contributed by atoms with E-state index in [9.17, 15) is 4.39 Å². The second kappa shape index (κ2) is 11.3. The highest BCUT2D eigenvalue weighted by Crippen LogP contribution is 2.35. The fourth-order valence-corrected chi connectivity index (χ4v) is 4.38. The van der Waals surface area contributed by atoms with Crippen molar-refractivity contribution >= 4 is 0 Å². The Morgan fingerprint density at radius 1 is 1.03 bits per heavy atom. The fraction of sp³-hybridized carbons (Fsp3) is 0.440. The molecule has 0 saturated carbocycles. The van der Waals surface area contributed by atoms with Gasteiger partial charge in [-0.25, -0.2) is 4.39 Å². The second-order valence-electron chi connectivity index (χ2n) is 8.46. The number of ether oxygens (including phenoxy) is 1. The summed E-state index contributed by atoms with van der Waals surface area (Å²) in [6.45, 7) is 3.66. The molecule has 0 spiro atoms. The lowest BCUT2D eigenvalue weighted by atomic mass is 9.78. The van der Waals surface area contributed by atoms with E-state index < -0.39 is 0 Å². The second-order valence-corrected chi connectivity index (χ2v) is 8.46. The van der Waals surface area contributed by atoms with Crippen LogP contribution in [-0.2, 0) is 23.0 Å². The zero-order valence-corrected chi connectivity index (χ0v) is 18.8. The number of aryl methyl sites for hydroxylation is 1. The lowest BCUT2D eigenvalue weighted by Crippen LogP contribution is -2.45. The summed E-state index contributed by atoms with van der Waals surface area (Å²) >= 11 is 0. The van der Waals surface area contributed by atoms with Crippen LogP contribution in [0.5, 0.6) is 0 Å². The molecule has 1 aliphatic heterocycles. The van der Waals surface area contributed by atoms with Crippen LogP contribution in [0.3, 0.4) is 0 Å². The minimum absolute atomic E-state index is 0. The van der Waals surface area contributed by atoms with E-state index in [-0.39, 0.29) is 17.4 Å². The van der Waals surface area contributed by atoms with Gasteiger partial charge in [-0.05, 0) is 68.6 Å². The highest BCUT2D eigenvalue weighted by molar-refractivity contribution is 5.20. The van der Waals surface area contributed by atoms with Gasteiger partial charge in [0.2, 0.25) is 5.89 Å². The van der Waals surface area contributed by atoms with Crippen molar-refractivity contribution < 1.29 is 13.7 Å². The molecule has 32 heavy (non-hydrogen) atoms. The third kappa shape index (κ3) is 6.00. The van der Waals surface area contributed by atoms with Gasteiger partial charge < -0.3 is 20.3 Å². The molecule has 3 N–H and O–H groups in total. The Labute approximate surface area is 189 Å². The van der Waals surface area contributed by atoms with E-state index in [1.165, 1.54) is 17.7 Å². The minimum Gasteiger partial charge on any atom is -0.384 e. The van der Waals surface area contributed by atoms with Crippen LogP contribution in [0.25, 0.3) is 0 Å². The van der Waals surface area contributed by atoms with Gasteiger partial charge in [0.25, 0.3) is 0 Å². The summed E-state index contributed by atoms with van der Waals surface area (Å²) in [6.07, 6.45) is 4.66. The normalized spacial score (nSPS) is 15.9. The quantitative estimate of drug-likeness (QED) is 0.524. The first kappa shape index (κ1) is 24.0. The molecule has 1 fully saturated rings. The van der Waals surface area contributed by atoms with Crippen LogP contribution in [0.2, 0.25) is 0 Å². The van der Waals surface area contributed by atoms with Crippen molar-refractivity contribution in [1.82, 2.24) is 21.2 Å². The van der Waals surface area contributed by atoms with Crippen molar-refractivity contribution in [2.75, 3.05) is 33.4 Å². The fourth-order valence-electron chi connectivity index (χ4n) is 4.38. The Kier molecular flexibility index (Phi) is 8.50. The average Bonchev–Trinajstić information content (AvgIpc) is 3.27. The predicted molar refractivity (Wildman–Crippen MR) is 123 cm³/mol. The van der Waals surface area contributed by atoms with E-state index >= 15 is 0 Å². The summed E-state index contributed by atoms with van der Waals surface area (Å²) in [5, 5.41) is 4.19. The molecular weight excluding hydrogens is 407 g/mol. The maximum absolute atomic E-state index is 13.1. The van der Waals surface area contributed by atoms with Crippen molar-refractivity contribution in [3.05, 3.63) is 83.3 Å². The topological polar surface area (TPSA) is 86.4 Å². The molecule has 2 heterocycles. The Hall–Kier alpha value is -2.61. The molecule has 172 valence electrons. The highest BCUT2D eigenvalue weighted by Gasteiger charge is 2.41. The van der Waals surface area contributed by atoms with E-state index in [0.29, 0.717) is 24.7 Å². The molecule has 1 aliphatic rings. The zero-order chi connectivity index (χ0) is 21.5. The van der Waals surface area contributed by atoms with Crippen molar-refractivity contribution in [3.63, 3.8) is 0 Å². The Bertz CT molecular complexity index is 938. The van der Waals surface area contributed by atoms with Gasteiger partial charge in [0.1, 0.15) is 5.82 Å². The van der Waals surface area contributed by atoms with Crippen LogP contribution in [0, 0.1) is 5.82 Å². The van der Waals surface area contributed by atoms with Crippen molar-refractivity contribution in [3.8, 4) is 0 Å². The number of benzene rings is 2. The van der Waals surface area contributed by atoms with Crippen LogP contribution < -0.4 is 6.15 Å². The van der Waals surface area contributed by atoms with Gasteiger partial charge in [0.05, 0.1) is 12.0 Å². The lowest BCUT2D eigenvalue weighted by molar-refractivity contribution is 0.0526. The molecule has 7 heteroatoms. The first-order valence-corrected chi connectivity index (χ1v) is 11.0. The summed E-state index contributed by atoms with van der Waals surface area (Å²) in [5.41, 5.74) is 2.12. The van der Waals surface area contributed by atoms with Crippen LogP contribution >= 0.6 is 0 Å². The maximum Gasteiger partial charge on any atom is 0.235 e. The number of hydrogen-bond donors (Lipinski definition) is 1. The number of methoxy groups -OCH3 is 1. The standard InChI is InChI=1S/C25H30FN3O2.H3N/c1-30-19-25(24-27-23(28-31-24)18-21-9-11-22(26)12-10-21)13-16-29(17-14-25)15-5-8-20-6-3-2-4-7-20;/h2-4,6-7,9-12H,5,8,13-19H2,1H3;1H3. The van der Waals surface area contributed by atoms with Crippen LogP contribution in [0.1, 0.15) is 42.1 Å². The molecule has 6 nitrogen and oxygen atoms in total. The average molecular weight is 441 g/mol. The number of rotatable bonds is 9. The third-order valence-electron chi connectivity index (χ3n) is 6.21. The van der Waals surface area contributed by atoms with Crippen LogP contribution in [-0.4, -0.2) is 48.4 Å². The number of aromatic nitrogens is 2. The van der Waals surface area contributed by atoms with E-state index in [4.69, 9.17) is 14.2 Å². The SMILES string of the molecule is COCC1(c2nc(Cc3ccc(F)cc3)no2)CCN(CCCc2ccccc2)CC1.N. The molecule has 1 saturated heterocycles. The number of halogens is 1. The molecule has 0 unspecified atom stereocenters. The van der Waals surface area contributed by atoms with Crippen molar-refractivity contribution in [1.29, 1.82) is 0 Å². The molecule has 3 aromatic rings. The molecule has 1 aromatic heterocycles. The molecule has 0 radical (unpaired) electrons. The van der Waals surface area contributed by atoms with Gasteiger partial charge >= 0.3 is 0 Å². The van der Waals surface area contributed by atoms with Crippen LogP contribution in [0.4, 0.5) is 4.39 Å². The third-order valence-corrected chi connectivity index (χ3v) is 6.21. The molecule has 0 aliphatic carbocycles. The lowest BCUT2D eigenvalue weighted by Gasteiger charge is -2.38. The van der Waals surface area contributed by atoms with Gasteiger partial charge in [0.15, 0.2) is 5.82 Å². The monoisotopic (exact) mass is 440 g/mol. The summed E-state index contributed by atoms with van der Waals surface area (Å²) < 4.78 is 24.4. The predicted octanol–water partition coefficient (Wildman–Crippen LogP) is 4.57. The van der Waals surface area contributed by atoms with Gasteiger partial charge in [-0.3, -0.25) is 0 Å². The zero-order valence-electron chi connectivity index (χ0n) is 18.8. The summed E-state index contributed by atoms with van der Waals surface area (Å²) in [6, 6.07) is 17.1. The first-order valence-electron chi connectivity index (χ1n) is 11.0. The Morgan fingerprint density at radius 2 is 1.75 bits per heavy atom. The number of hydrogen-bond acceptors (Lipinski definition) is 6. The Morgan fingerprint density at radius 3 is 2.44 bits per heavy atom. The molecule has 2 aromatic carbocycles. The van der Waals surface area contributed by atoms with E-state index in [0.717, 1.165) is 50.9 Å². The van der Waals surface area contributed by atoms with E-state index in [2.05, 4.69) is 40.4 Å². The molecule has 4 rings (SSSR count). The van der Waals surface area contributed by atoms with Gasteiger partial charge in [-0.15, -0.1) is 0 Å². The molecular formula is C25H33FN4O2. The summed E-state index contributed by atoms with van der Waals surface area (Å²) in [7, 11) is 1.73. The molecule has 0 atom stereocenters. The highest BCUT2D eigenvalue weighted by atomic mass is 19.1. The summed E-state index contributed by atoms with van der Waals surface area (Å²) in [5.74, 6) is 1.05. The minimum atomic E-state index is -0.243. The maximum atomic E-state index is 13.1. The Balaban J connectivity index is 0.00000289. The van der Waals surface area contributed by atoms with E-state index in [1.54, 1.807) is 19.2 Å². The largest absolute Gasteiger partial charge is 0.384 e. The number of nitrogens with zero attached hydrogens (tertiary/aromatic N) is 3. The molecule has 0 bridgehead atoms. The van der Waals surface area contributed by atoms with Crippen molar-refractivity contribution in [2.45, 2.75) is 37.5 Å². The first-order chi connectivity index (χ1) is 15.2. The van der Waals surface area contributed by atoms with E-state index in [1.807, 2.05) is 0 Å². The smallest absolute Gasteiger partial charge is 0.235 e. The van der Waals surface area contributed by atoms with Crippen LogP contribution in [0.15, 0.2) is 59.1 Å². The van der Waals surface area contributed by atoms with Gasteiger partial charge in [-0.1, -0.05) is 47.6 Å².